The van der Waals surface area contributed by atoms with Crippen molar-refractivity contribution in [3.05, 3.63) is 28.2 Å². The van der Waals surface area contributed by atoms with E-state index in [1.54, 1.807) is 0 Å². The van der Waals surface area contributed by atoms with Crippen molar-refractivity contribution in [1.82, 2.24) is 4.98 Å². The smallest absolute Gasteiger partial charge is 0.340 e. The summed E-state index contributed by atoms with van der Waals surface area (Å²) in [5.74, 6) is -2.11. The molecular weight excluding hydrogens is 217 g/mol. The average Bonchev–Trinajstić information content (AvgIpc) is 1.85. The molecule has 58 valence electrons. The van der Waals surface area contributed by atoms with Crippen LogP contribution >= 0.6 is 15.9 Å². The van der Waals surface area contributed by atoms with E-state index in [2.05, 4.69) is 20.9 Å². The number of hydrogen-bond donors (Lipinski definition) is 1. The molecule has 0 saturated heterocycles. The Bertz CT molecular complexity index is 303. The topological polar surface area (TPSA) is 50.2 Å². The molecule has 0 fully saturated rings. The molecule has 1 aromatic rings. The number of carboxylic acids is 1. The third kappa shape index (κ3) is 1.74. The number of pyridine rings is 1. The van der Waals surface area contributed by atoms with E-state index in [1.165, 1.54) is 0 Å². The van der Waals surface area contributed by atoms with E-state index >= 15 is 0 Å². The summed E-state index contributed by atoms with van der Waals surface area (Å²) < 4.78 is 12.9. The number of halogens is 2. The lowest BCUT2D eigenvalue weighted by Crippen LogP contribution is -2.00. The summed E-state index contributed by atoms with van der Waals surface area (Å²) in [4.78, 5) is 13.8. The lowest BCUT2D eigenvalue weighted by Gasteiger charge is -1.95. The fraction of sp³-hybridized carbons (Fsp3) is 0. The minimum Gasteiger partial charge on any atom is -0.478 e. The summed E-state index contributed by atoms with van der Waals surface area (Å²) >= 11 is 2.90. The van der Waals surface area contributed by atoms with Gasteiger partial charge in [0.1, 0.15) is 16.0 Å². The number of hydrogen-bond acceptors (Lipinski definition) is 2. The second kappa shape index (κ2) is 2.96. The van der Waals surface area contributed by atoms with Crippen molar-refractivity contribution in [3.8, 4) is 0 Å². The van der Waals surface area contributed by atoms with Gasteiger partial charge in [-0.25, -0.2) is 14.2 Å². The predicted octanol–water partition coefficient (Wildman–Crippen LogP) is 1.68. The van der Waals surface area contributed by atoms with Crippen molar-refractivity contribution >= 4 is 21.9 Å². The van der Waals surface area contributed by atoms with Gasteiger partial charge in [0.2, 0.25) is 0 Å². The average molecular weight is 220 g/mol. The molecule has 0 bridgehead atoms. The molecular formula is C6H3BrFNO2. The zero-order chi connectivity index (χ0) is 8.43. The van der Waals surface area contributed by atoms with Gasteiger partial charge in [-0.2, -0.15) is 0 Å². The Balaban J connectivity index is 3.20. The lowest BCUT2D eigenvalue weighted by atomic mass is 10.3. The molecule has 0 unspecified atom stereocenters. The number of carboxylic acid groups (broad SMARTS) is 1. The van der Waals surface area contributed by atoms with Crippen molar-refractivity contribution < 1.29 is 14.3 Å². The van der Waals surface area contributed by atoms with E-state index in [-0.39, 0.29) is 4.60 Å². The van der Waals surface area contributed by atoms with Crippen LogP contribution in [0.4, 0.5) is 4.39 Å². The van der Waals surface area contributed by atoms with Gasteiger partial charge in [-0.15, -0.1) is 0 Å². The molecule has 0 radical (unpaired) electrons. The van der Waals surface area contributed by atoms with Crippen LogP contribution in [0.5, 0.6) is 0 Å². The molecule has 0 amide bonds. The van der Waals surface area contributed by atoms with Gasteiger partial charge in [-0.3, -0.25) is 0 Å². The molecule has 1 aromatic heterocycles. The molecule has 0 aliphatic rings. The zero-order valence-electron chi connectivity index (χ0n) is 5.21. The Kier molecular flexibility index (Phi) is 2.19. The Labute approximate surface area is 70.0 Å². The highest BCUT2D eigenvalue weighted by molar-refractivity contribution is 9.10. The maximum atomic E-state index is 12.7. The number of nitrogens with zero attached hydrogens (tertiary/aromatic N) is 1. The highest BCUT2D eigenvalue weighted by atomic mass is 79.9. The van der Waals surface area contributed by atoms with Crippen LogP contribution in [0, 0.1) is 5.82 Å². The van der Waals surface area contributed by atoms with Gasteiger partial charge in [0.25, 0.3) is 0 Å². The highest BCUT2D eigenvalue weighted by Crippen LogP contribution is 2.11. The first-order valence-corrected chi connectivity index (χ1v) is 3.45. The minimum absolute atomic E-state index is 0.278. The van der Waals surface area contributed by atoms with E-state index < -0.39 is 17.3 Å². The molecule has 1 rings (SSSR count). The maximum Gasteiger partial charge on any atom is 0.340 e. The van der Waals surface area contributed by atoms with Crippen LogP contribution in [0.3, 0.4) is 0 Å². The van der Waals surface area contributed by atoms with Gasteiger partial charge in [0, 0.05) is 12.3 Å². The van der Waals surface area contributed by atoms with Gasteiger partial charge in [-0.05, 0) is 15.9 Å². The van der Waals surface area contributed by atoms with Crippen molar-refractivity contribution in [3.63, 3.8) is 0 Å². The summed E-state index contributed by atoms with van der Waals surface area (Å²) in [6, 6.07) is 1.00. The Morgan fingerprint density at radius 1 is 1.73 bits per heavy atom. The first-order valence-electron chi connectivity index (χ1n) is 2.65. The van der Waals surface area contributed by atoms with Crippen molar-refractivity contribution in [2.45, 2.75) is 0 Å². The Morgan fingerprint density at radius 3 is 2.82 bits per heavy atom. The van der Waals surface area contributed by atoms with Crippen LogP contribution in [-0.4, -0.2) is 16.1 Å². The van der Waals surface area contributed by atoms with Gasteiger partial charge < -0.3 is 5.11 Å². The summed E-state index contributed by atoms with van der Waals surface area (Å²) in [6.07, 6.45) is 0.960. The molecule has 1 N–H and O–H groups in total. The maximum absolute atomic E-state index is 12.7. The highest BCUT2D eigenvalue weighted by Gasteiger charge is 2.09. The molecule has 11 heavy (non-hydrogen) atoms. The van der Waals surface area contributed by atoms with Gasteiger partial charge in [-0.1, -0.05) is 0 Å². The molecule has 0 saturated carbocycles. The van der Waals surface area contributed by atoms with Crippen LogP contribution in [-0.2, 0) is 0 Å². The first-order chi connectivity index (χ1) is 5.11. The van der Waals surface area contributed by atoms with Gasteiger partial charge >= 0.3 is 5.97 Å². The molecule has 0 aromatic carbocycles. The molecule has 0 aliphatic heterocycles. The zero-order valence-corrected chi connectivity index (χ0v) is 6.80. The Morgan fingerprint density at radius 2 is 2.36 bits per heavy atom. The fourth-order valence-corrected chi connectivity index (χ4v) is 0.868. The fourth-order valence-electron chi connectivity index (χ4n) is 0.565. The quantitative estimate of drug-likeness (QED) is 0.732. The third-order valence-corrected chi connectivity index (χ3v) is 1.48. The van der Waals surface area contributed by atoms with Crippen LogP contribution in [0.25, 0.3) is 0 Å². The normalized spacial score (nSPS) is 9.64. The van der Waals surface area contributed by atoms with Crippen LogP contribution in [0.2, 0.25) is 0 Å². The molecule has 0 atom stereocenters. The largest absolute Gasteiger partial charge is 0.478 e. The second-order valence-electron chi connectivity index (χ2n) is 1.79. The summed E-state index contributed by atoms with van der Waals surface area (Å²) in [6.45, 7) is 0. The van der Waals surface area contributed by atoms with E-state index in [9.17, 15) is 9.18 Å². The second-order valence-corrected chi connectivity index (χ2v) is 2.60. The number of rotatable bonds is 1. The number of carbonyl (C=O) groups is 1. The molecule has 0 spiro atoms. The van der Waals surface area contributed by atoms with Crippen molar-refractivity contribution in [2.75, 3.05) is 0 Å². The third-order valence-electron chi connectivity index (χ3n) is 1.05. The van der Waals surface area contributed by atoms with Gasteiger partial charge in [0.15, 0.2) is 0 Å². The standard InChI is InChI=1S/C6H3BrFNO2/c7-5-1-4(8)3(2-9-5)6(10)11/h1-2H,(H,10,11). The summed E-state index contributed by atoms with van der Waals surface area (Å²) in [5.41, 5.74) is -0.423. The molecule has 0 aliphatic carbocycles. The van der Waals surface area contributed by atoms with E-state index in [0.29, 0.717) is 0 Å². The van der Waals surface area contributed by atoms with Crippen molar-refractivity contribution in [1.29, 1.82) is 0 Å². The molecule has 5 heteroatoms. The Hall–Kier alpha value is -0.970. The van der Waals surface area contributed by atoms with E-state index in [0.717, 1.165) is 12.3 Å². The minimum atomic E-state index is -1.32. The lowest BCUT2D eigenvalue weighted by molar-refractivity contribution is 0.0691. The molecule has 1 heterocycles. The van der Waals surface area contributed by atoms with Crippen LogP contribution in [0.15, 0.2) is 16.9 Å². The van der Waals surface area contributed by atoms with Crippen molar-refractivity contribution in [2.24, 2.45) is 0 Å². The van der Waals surface area contributed by atoms with Crippen LogP contribution in [0.1, 0.15) is 10.4 Å². The number of aromatic nitrogens is 1. The van der Waals surface area contributed by atoms with Gasteiger partial charge in [0.05, 0.1) is 0 Å². The summed E-state index contributed by atoms with van der Waals surface area (Å²) in [5, 5.41) is 8.36. The van der Waals surface area contributed by atoms with E-state index in [4.69, 9.17) is 5.11 Å². The van der Waals surface area contributed by atoms with Crippen LogP contribution < -0.4 is 0 Å². The monoisotopic (exact) mass is 219 g/mol. The number of aromatic carboxylic acids is 1. The first kappa shape index (κ1) is 8.13. The SMILES string of the molecule is O=C(O)c1cnc(Br)cc1F. The summed E-state index contributed by atoms with van der Waals surface area (Å²) in [7, 11) is 0. The van der Waals surface area contributed by atoms with E-state index in [1.807, 2.05) is 0 Å². The molecule has 3 nitrogen and oxygen atoms in total. The predicted molar refractivity (Wildman–Crippen MR) is 38.9 cm³/mol.